The van der Waals surface area contributed by atoms with E-state index < -0.39 is 58.7 Å². The van der Waals surface area contributed by atoms with E-state index in [9.17, 15) is 39.6 Å². The van der Waals surface area contributed by atoms with E-state index in [0.717, 1.165) is 11.1 Å². The van der Waals surface area contributed by atoms with Crippen molar-refractivity contribution in [3.8, 4) is 22.6 Å². The fourth-order valence-corrected chi connectivity index (χ4v) is 7.83. The molecule has 0 bridgehead atoms. The maximum Gasteiger partial charge on any atom is 0.323 e. The number of hydrogen-bond donors (Lipinski definition) is 6. The van der Waals surface area contributed by atoms with Gasteiger partial charge in [-0.15, -0.1) is 0 Å². The number of nitrogens with two attached hydrogens (primary N) is 1. The number of aliphatic hydroxyl groups excluding tert-OH is 2. The molecule has 0 aromatic heterocycles. The number of phenolic OH excluding ortho intramolecular Hbond substituents is 1. The SMILES string of the molecule is CCOC(=O)C(Cc1ccccc1)NCc1ccc(OC)c(-c2ccc(O)c3c2C[C@H]2C[C@H]4CC(O)C(C(N)=O)C(=O)[C@@]4(O)C(O)=C2C3=O)c1. The molecule has 3 unspecified atom stereocenters. The van der Waals surface area contributed by atoms with Crippen molar-refractivity contribution in [1.82, 2.24) is 5.32 Å². The van der Waals surface area contributed by atoms with E-state index in [1.165, 1.54) is 13.2 Å². The minimum atomic E-state index is -2.59. The van der Waals surface area contributed by atoms with Gasteiger partial charge in [-0.2, -0.15) is 0 Å². The van der Waals surface area contributed by atoms with Crippen LogP contribution >= 0.6 is 0 Å². The number of benzene rings is 3. The van der Waals surface area contributed by atoms with Crippen molar-refractivity contribution < 1.29 is 49.1 Å². The summed E-state index contributed by atoms with van der Waals surface area (Å²) < 4.78 is 11.0. The summed E-state index contributed by atoms with van der Waals surface area (Å²) in [4.78, 5) is 52.3. The molecule has 262 valence electrons. The molecule has 0 aliphatic heterocycles. The zero-order valence-corrected chi connectivity index (χ0v) is 27.7. The summed E-state index contributed by atoms with van der Waals surface area (Å²) in [5, 5.41) is 47.8. The molecule has 6 rings (SSSR count). The van der Waals surface area contributed by atoms with Gasteiger partial charge in [-0.3, -0.25) is 19.2 Å². The number of methoxy groups -OCH3 is 1. The highest BCUT2D eigenvalue weighted by Gasteiger charge is 2.62. The number of nitrogens with one attached hydrogen (secondary N) is 1. The van der Waals surface area contributed by atoms with Gasteiger partial charge in [0.25, 0.3) is 0 Å². The van der Waals surface area contributed by atoms with Crippen LogP contribution < -0.4 is 15.8 Å². The summed E-state index contributed by atoms with van der Waals surface area (Å²) in [6.07, 6.45) is -1.04. The van der Waals surface area contributed by atoms with Crippen LogP contribution in [-0.2, 0) is 38.5 Å². The Morgan fingerprint density at radius 2 is 1.76 bits per heavy atom. The number of Topliss-reactive ketones (excluding diaryl/α,β-unsaturated/α-hetero) is 2. The molecule has 0 spiro atoms. The number of carbonyl (C=O) groups is 4. The number of ketones is 2. The molecule has 0 heterocycles. The first-order chi connectivity index (χ1) is 23.9. The lowest BCUT2D eigenvalue weighted by Gasteiger charge is -2.48. The molecule has 12 heteroatoms. The first-order valence-electron chi connectivity index (χ1n) is 16.6. The highest BCUT2D eigenvalue weighted by molar-refractivity contribution is 6.16. The molecule has 1 amide bonds. The van der Waals surface area contributed by atoms with Crippen molar-refractivity contribution in [3.63, 3.8) is 0 Å². The average molecular weight is 685 g/mol. The standard InChI is InChI=1S/C38H40N2O10/c1-3-50-37(47)26(14-19-7-5-4-6-8-19)40-18-20-9-12-29(49-2)24(13-20)23-10-11-27(41)31-25(23)16-21-15-22-17-28(42)32(36(39)46)35(45)38(22,48)34(44)30(21)33(31)43/h4-13,21-22,26,28,32,40-42,44,48H,3,14-18H2,1-2H3,(H2,39,46)/t21-,22+,26?,28?,32?,38+/m1/s1. The number of phenols is 1. The zero-order valence-electron chi connectivity index (χ0n) is 27.7. The van der Waals surface area contributed by atoms with Crippen LogP contribution in [0.25, 0.3) is 11.1 Å². The Morgan fingerprint density at radius 1 is 1.02 bits per heavy atom. The Kier molecular flexibility index (Phi) is 9.54. The lowest BCUT2D eigenvalue weighted by molar-refractivity contribution is -0.167. The minimum absolute atomic E-state index is 0.0439. The summed E-state index contributed by atoms with van der Waals surface area (Å²) in [7, 11) is 1.51. The van der Waals surface area contributed by atoms with Crippen LogP contribution in [0.2, 0.25) is 0 Å². The summed E-state index contributed by atoms with van der Waals surface area (Å²) >= 11 is 0. The van der Waals surface area contributed by atoms with Crippen molar-refractivity contribution >= 4 is 23.4 Å². The molecule has 1 fully saturated rings. The topological polar surface area (TPSA) is 206 Å². The molecule has 3 aromatic carbocycles. The number of allylic oxidation sites excluding steroid dienone is 1. The highest BCUT2D eigenvalue weighted by Crippen LogP contribution is 2.53. The summed E-state index contributed by atoms with van der Waals surface area (Å²) in [5.74, 6) is -7.58. The first-order valence-corrected chi connectivity index (χ1v) is 16.6. The Bertz CT molecular complexity index is 1890. The van der Waals surface area contributed by atoms with Crippen LogP contribution in [0.3, 0.4) is 0 Å². The number of aromatic hydroxyl groups is 1. The predicted molar refractivity (Wildman–Crippen MR) is 180 cm³/mol. The van der Waals surface area contributed by atoms with Crippen LogP contribution in [0, 0.1) is 17.8 Å². The maximum absolute atomic E-state index is 14.1. The van der Waals surface area contributed by atoms with Gasteiger partial charge < -0.3 is 41.0 Å². The molecule has 12 nitrogen and oxygen atoms in total. The third-order valence-electron chi connectivity index (χ3n) is 10.2. The molecule has 3 aliphatic carbocycles. The second kappa shape index (κ2) is 13.7. The Labute approximate surface area is 288 Å². The third-order valence-corrected chi connectivity index (χ3v) is 10.2. The summed E-state index contributed by atoms with van der Waals surface area (Å²) in [6.45, 7) is 2.28. The van der Waals surface area contributed by atoms with Crippen LogP contribution in [-0.4, -0.2) is 75.3 Å². The van der Waals surface area contributed by atoms with Crippen LogP contribution in [0.5, 0.6) is 11.5 Å². The number of fused-ring (bicyclic) bond motifs is 3. The molecular formula is C38H40N2O10. The molecule has 50 heavy (non-hydrogen) atoms. The van der Waals surface area contributed by atoms with E-state index in [1.807, 2.05) is 42.5 Å². The van der Waals surface area contributed by atoms with Gasteiger partial charge in [-0.25, -0.2) is 0 Å². The van der Waals surface area contributed by atoms with E-state index in [0.29, 0.717) is 35.4 Å². The number of esters is 1. The van der Waals surface area contributed by atoms with Gasteiger partial charge in [0.2, 0.25) is 5.91 Å². The second-order valence-corrected chi connectivity index (χ2v) is 13.1. The van der Waals surface area contributed by atoms with Crippen LogP contribution in [0.1, 0.15) is 46.8 Å². The molecule has 0 radical (unpaired) electrons. The molecule has 6 atom stereocenters. The lowest BCUT2D eigenvalue weighted by Crippen LogP contribution is -2.63. The van der Waals surface area contributed by atoms with E-state index in [1.54, 1.807) is 19.1 Å². The normalized spacial score (nSPS) is 24.9. The van der Waals surface area contributed by atoms with Crippen molar-refractivity contribution in [2.45, 2.75) is 56.9 Å². The van der Waals surface area contributed by atoms with Gasteiger partial charge in [0.1, 0.15) is 29.2 Å². The fraction of sp³-hybridized carbons (Fsp3) is 0.368. The third kappa shape index (κ3) is 5.93. The first kappa shape index (κ1) is 34.8. The smallest absolute Gasteiger partial charge is 0.323 e. The molecule has 7 N–H and O–H groups in total. The number of hydrogen-bond acceptors (Lipinski definition) is 11. The number of amides is 1. The van der Waals surface area contributed by atoms with Crippen LogP contribution in [0.15, 0.2) is 72.0 Å². The summed E-state index contributed by atoms with van der Waals surface area (Å²) in [6, 6.07) is 17.5. The number of carbonyl (C=O) groups excluding carboxylic acids is 4. The zero-order chi connectivity index (χ0) is 35.9. The maximum atomic E-state index is 14.1. The quantitative estimate of drug-likeness (QED) is 0.135. The predicted octanol–water partition coefficient (Wildman–Crippen LogP) is 2.69. The Hall–Kier alpha value is -5.04. The number of ether oxygens (including phenoxy) is 2. The van der Waals surface area contributed by atoms with E-state index in [4.69, 9.17) is 15.2 Å². The monoisotopic (exact) mass is 684 g/mol. The molecule has 3 aromatic rings. The lowest BCUT2D eigenvalue weighted by atomic mass is 9.57. The van der Waals surface area contributed by atoms with E-state index in [2.05, 4.69) is 5.32 Å². The fourth-order valence-electron chi connectivity index (χ4n) is 7.83. The van der Waals surface area contributed by atoms with Crippen molar-refractivity contribution in [2.75, 3.05) is 13.7 Å². The molecular weight excluding hydrogens is 644 g/mol. The number of rotatable bonds is 10. The van der Waals surface area contributed by atoms with Crippen molar-refractivity contribution in [1.29, 1.82) is 0 Å². The van der Waals surface area contributed by atoms with E-state index >= 15 is 0 Å². The van der Waals surface area contributed by atoms with Crippen LogP contribution in [0.4, 0.5) is 0 Å². The van der Waals surface area contributed by atoms with Gasteiger partial charge in [-0.05, 0) is 79.0 Å². The molecule has 1 saturated carbocycles. The number of aliphatic hydroxyl groups is 3. The van der Waals surface area contributed by atoms with Gasteiger partial charge >= 0.3 is 5.97 Å². The summed E-state index contributed by atoms with van der Waals surface area (Å²) in [5.41, 5.74) is 5.91. The molecule has 0 saturated heterocycles. The number of primary amides is 1. The van der Waals surface area contributed by atoms with E-state index in [-0.39, 0.29) is 48.7 Å². The van der Waals surface area contributed by atoms with Gasteiger partial charge in [0.15, 0.2) is 17.2 Å². The molecule has 3 aliphatic rings. The van der Waals surface area contributed by atoms with Crippen molar-refractivity contribution in [3.05, 3.63) is 94.2 Å². The van der Waals surface area contributed by atoms with Gasteiger partial charge in [-0.1, -0.05) is 42.5 Å². The minimum Gasteiger partial charge on any atom is -0.508 e. The average Bonchev–Trinajstić information content (AvgIpc) is 3.08. The Balaban J connectivity index is 1.36. The Morgan fingerprint density at radius 3 is 2.44 bits per heavy atom. The largest absolute Gasteiger partial charge is 0.508 e. The van der Waals surface area contributed by atoms with Crippen molar-refractivity contribution in [2.24, 2.45) is 23.5 Å². The van der Waals surface area contributed by atoms with Gasteiger partial charge in [0.05, 0.1) is 25.4 Å². The second-order valence-electron chi connectivity index (χ2n) is 13.1. The van der Waals surface area contributed by atoms with Gasteiger partial charge in [0, 0.05) is 23.6 Å². The highest BCUT2D eigenvalue weighted by atomic mass is 16.5.